The summed E-state index contributed by atoms with van der Waals surface area (Å²) in [5, 5.41) is 9.14. The van der Waals surface area contributed by atoms with Crippen LogP contribution in [-0.4, -0.2) is 28.6 Å². The lowest BCUT2D eigenvalue weighted by molar-refractivity contribution is 0.0690. The first-order chi connectivity index (χ1) is 9.99. The van der Waals surface area contributed by atoms with Gasteiger partial charge >= 0.3 is 5.97 Å². The molecule has 21 heavy (non-hydrogen) atoms. The molecule has 1 saturated carbocycles. The molecule has 1 aromatic rings. The maximum Gasteiger partial charge on any atom is 0.354 e. The lowest BCUT2D eigenvalue weighted by Crippen LogP contribution is -2.36. The zero-order valence-electron chi connectivity index (χ0n) is 12.9. The maximum absolute atomic E-state index is 11.2. The Morgan fingerprint density at radius 1 is 1.43 bits per heavy atom. The second-order valence-electron chi connectivity index (χ2n) is 6.23. The summed E-state index contributed by atoms with van der Waals surface area (Å²) in [4.78, 5) is 17.7. The molecule has 5 nitrogen and oxygen atoms in total. The summed E-state index contributed by atoms with van der Waals surface area (Å²) in [6.45, 7) is 5.26. The number of carboxylic acid groups (broad SMARTS) is 1. The Morgan fingerprint density at radius 2 is 2.10 bits per heavy atom. The van der Waals surface area contributed by atoms with Gasteiger partial charge in [0.2, 0.25) is 0 Å². The molecule has 0 radical (unpaired) electrons. The van der Waals surface area contributed by atoms with Crippen LogP contribution in [0.2, 0.25) is 0 Å². The molecule has 1 aliphatic carbocycles. The van der Waals surface area contributed by atoms with Crippen LogP contribution < -0.4 is 10.6 Å². The quantitative estimate of drug-likeness (QED) is 0.841. The molecule has 0 saturated heterocycles. The molecule has 0 amide bonds. The van der Waals surface area contributed by atoms with Crippen LogP contribution in [0.4, 0.5) is 11.5 Å². The van der Waals surface area contributed by atoms with E-state index in [-0.39, 0.29) is 5.69 Å². The minimum atomic E-state index is -1.01. The lowest BCUT2D eigenvalue weighted by atomic mass is 10.1. The molecule has 0 atom stereocenters. The van der Waals surface area contributed by atoms with Crippen molar-refractivity contribution in [3.8, 4) is 0 Å². The largest absolute Gasteiger partial charge is 0.477 e. The number of hydrogen-bond acceptors (Lipinski definition) is 4. The number of anilines is 2. The average Bonchev–Trinajstić information content (AvgIpc) is 2.94. The highest BCUT2D eigenvalue weighted by molar-refractivity contribution is 5.87. The van der Waals surface area contributed by atoms with Crippen LogP contribution in [0.1, 0.15) is 56.4 Å². The molecule has 0 unspecified atom stereocenters. The third kappa shape index (κ3) is 3.86. The molecule has 2 rings (SSSR count). The zero-order valence-corrected chi connectivity index (χ0v) is 12.9. The highest BCUT2D eigenvalue weighted by Gasteiger charge is 2.25. The third-order valence-electron chi connectivity index (χ3n) is 4.11. The van der Waals surface area contributed by atoms with Gasteiger partial charge in [-0.3, -0.25) is 0 Å². The number of aromatic nitrogens is 1. The van der Waals surface area contributed by atoms with Crippen molar-refractivity contribution in [2.75, 3.05) is 17.2 Å². The Morgan fingerprint density at radius 3 is 2.67 bits per heavy atom. The van der Waals surface area contributed by atoms with Gasteiger partial charge in [-0.2, -0.15) is 0 Å². The van der Waals surface area contributed by atoms with E-state index in [1.165, 1.54) is 18.9 Å². The summed E-state index contributed by atoms with van der Waals surface area (Å²) < 4.78 is 0. The lowest BCUT2D eigenvalue weighted by Gasteiger charge is -2.31. The Bertz CT molecular complexity index is 496. The van der Waals surface area contributed by atoms with Crippen molar-refractivity contribution in [3.63, 3.8) is 0 Å². The van der Waals surface area contributed by atoms with E-state index in [1.54, 1.807) is 6.07 Å². The van der Waals surface area contributed by atoms with Gasteiger partial charge in [-0.1, -0.05) is 26.7 Å². The molecule has 3 N–H and O–H groups in total. The van der Waals surface area contributed by atoms with Crippen LogP contribution in [0.15, 0.2) is 12.1 Å². The normalized spacial score (nSPS) is 15.6. The molecular weight excluding hydrogens is 266 g/mol. The fraction of sp³-hybridized carbons (Fsp3) is 0.625. The standard InChI is InChI=1S/C16H25N3O2/c1-11(2)9-10-19(12-5-3-4-6-12)15-13(17)7-8-14(18-15)16(20)21/h7-8,11-12H,3-6,9-10,17H2,1-2H3,(H,20,21). The number of aromatic carboxylic acids is 1. The first kappa shape index (κ1) is 15.6. The van der Waals surface area contributed by atoms with E-state index in [4.69, 9.17) is 10.8 Å². The molecule has 0 spiro atoms. The van der Waals surface area contributed by atoms with E-state index >= 15 is 0 Å². The van der Waals surface area contributed by atoms with Crippen molar-refractivity contribution in [2.24, 2.45) is 5.92 Å². The molecule has 5 heteroatoms. The minimum Gasteiger partial charge on any atom is -0.477 e. The first-order valence-corrected chi connectivity index (χ1v) is 7.75. The van der Waals surface area contributed by atoms with Gasteiger partial charge in [0.15, 0.2) is 11.5 Å². The van der Waals surface area contributed by atoms with E-state index in [2.05, 4.69) is 23.7 Å². The predicted octanol–water partition coefficient (Wildman–Crippen LogP) is 3.16. The number of carboxylic acids is 1. The second-order valence-corrected chi connectivity index (χ2v) is 6.23. The van der Waals surface area contributed by atoms with Crippen LogP contribution in [-0.2, 0) is 0 Å². The van der Waals surface area contributed by atoms with Crippen LogP contribution in [0.3, 0.4) is 0 Å². The van der Waals surface area contributed by atoms with Gasteiger partial charge in [0, 0.05) is 12.6 Å². The molecule has 116 valence electrons. The van der Waals surface area contributed by atoms with Gasteiger partial charge in [0.05, 0.1) is 5.69 Å². The number of pyridine rings is 1. The highest BCUT2D eigenvalue weighted by Crippen LogP contribution is 2.31. The number of hydrogen-bond donors (Lipinski definition) is 2. The SMILES string of the molecule is CC(C)CCN(c1nc(C(=O)O)ccc1N)C1CCCC1. The van der Waals surface area contributed by atoms with Crippen molar-refractivity contribution in [2.45, 2.75) is 52.0 Å². The zero-order chi connectivity index (χ0) is 15.4. The Balaban J connectivity index is 2.29. The predicted molar refractivity (Wildman–Crippen MR) is 84.7 cm³/mol. The fourth-order valence-corrected chi connectivity index (χ4v) is 2.88. The van der Waals surface area contributed by atoms with Gasteiger partial charge in [0.1, 0.15) is 0 Å². The number of carbonyl (C=O) groups is 1. The molecule has 1 aromatic heterocycles. The fourth-order valence-electron chi connectivity index (χ4n) is 2.88. The molecule has 1 heterocycles. The van der Waals surface area contributed by atoms with Gasteiger partial charge < -0.3 is 15.7 Å². The maximum atomic E-state index is 11.2. The number of rotatable bonds is 6. The van der Waals surface area contributed by atoms with E-state index in [1.807, 2.05) is 0 Å². The molecule has 1 fully saturated rings. The topological polar surface area (TPSA) is 79.5 Å². The van der Waals surface area contributed by atoms with Gasteiger partial charge in [-0.05, 0) is 37.3 Å². The minimum absolute atomic E-state index is 0.0618. The van der Waals surface area contributed by atoms with Crippen LogP contribution in [0, 0.1) is 5.92 Å². The Hall–Kier alpha value is -1.78. The molecular formula is C16H25N3O2. The summed E-state index contributed by atoms with van der Waals surface area (Å²) in [5.41, 5.74) is 6.69. The summed E-state index contributed by atoms with van der Waals surface area (Å²) in [5.74, 6) is 0.228. The second kappa shape index (κ2) is 6.78. The molecule has 0 aromatic carbocycles. The van der Waals surface area contributed by atoms with Gasteiger partial charge in [-0.25, -0.2) is 9.78 Å². The van der Waals surface area contributed by atoms with Gasteiger partial charge in [0.25, 0.3) is 0 Å². The smallest absolute Gasteiger partial charge is 0.354 e. The molecule has 1 aliphatic rings. The highest BCUT2D eigenvalue weighted by atomic mass is 16.4. The number of nitrogen functional groups attached to an aromatic ring is 1. The van der Waals surface area contributed by atoms with Crippen molar-refractivity contribution in [1.29, 1.82) is 0 Å². The van der Waals surface area contributed by atoms with Crippen molar-refractivity contribution in [3.05, 3.63) is 17.8 Å². The Labute approximate surface area is 126 Å². The molecule has 0 bridgehead atoms. The molecule has 0 aliphatic heterocycles. The first-order valence-electron chi connectivity index (χ1n) is 7.75. The van der Waals surface area contributed by atoms with Crippen molar-refractivity contribution >= 4 is 17.5 Å². The van der Waals surface area contributed by atoms with Crippen LogP contribution in [0.25, 0.3) is 0 Å². The van der Waals surface area contributed by atoms with Gasteiger partial charge in [-0.15, -0.1) is 0 Å². The number of nitrogens with two attached hydrogens (primary N) is 1. The summed E-state index contributed by atoms with van der Waals surface area (Å²) >= 11 is 0. The van der Waals surface area contributed by atoms with Crippen molar-refractivity contribution in [1.82, 2.24) is 4.98 Å². The monoisotopic (exact) mass is 291 g/mol. The summed E-state index contributed by atoms with van der Waals surface area (Å²) in [7, 11) is 0. The van der Waals surface area contributed by atoms with E-state index in [0.717, 1.165) is 25.8 Å². The third-order valence-corrected chi connectivity index (χ3v) is 4.11. The van der Waals surface area contributed by atoms with Crippen LogP contribution in [0.5, 0.6) is 0 Å². The summed E-state index contributed by atoms with van der Waals surface area (Å²) in [6, 6.07) is 3.56. The van der Waals surface area contributed by atoms with Crippen LogP contribution >= 0.6 is 0 Å². The average molecular weight is 291 g/mol. The number of nitrogens with zero attached hydrogens (tertiary/aromatic N) is 2. The Kier molecular flexibility index (Phi) is 5.04. The van der Waals surface area contributed by atoms with E-state index in [9.17, 15) is 4.79 Å². The van der Waals surface area contributed by atoms with Crippen molar-refractivity contribution < 1.29 is 9.90 Å². The summed E-state index contributed by atoms with van der Waals surface area (Å²) in [6.07, 6.45) is 5.77. The van der Waals surface area contributed by atoms with E-state index < -0.39 is 5.97 Å². The van der Waals surface area contributed by atoms with E-state index in [0.29, 0.717) is 23.5 Å².